The van der Waals surface area contributed by atoms with E-state index < -0.39 is 10.0 Å². The van der Waals surface area contributed by atoms with Gasteiger partial charge in [0.1, 0.15) is 0 Å². The Morgan fingerprint density at radius 3 is 2.52 bits per heavy atom. The first kappa shape index (κ1) is 14.5. The van der Waals surface area contributed by atoms with Gasteiger partial charge in [-0.2, -0.15) is 4.31 Å². The van der Waals surface area contributed by atoms with E-state index in [-0.39, 0.29) is 11.8 Å². The second-order valence-corrected chi connectivity index (χ2v) is 7.86. The molecule has 5 nitrogen and oxygen atoms in total. The molecule has 3 rings (SSSR count). The number of sulfonamides is 1. The van der Waals surface area contributed by atoms with Crippen LogP contribution in [0.2, 0.25) is 0 Å². The second kappa shape index (κ2) is 5.42. The maximum atomic E-state index is 12.7. The third kappa shape index (κ3) is 2.70. The second-order valence-electron chi connectivity index (χ2n) is 5.92. The van der Waals surface area contributed by atoms with Crippen LogP contribution in [-0.4, -0.2) is 31.6 Å². The molecule has 1 heterocycles. The molecule has 1 aliphatic heterocycles. The predicted octanol–water partition coefficient (Wildman–Crippen LogP) is 1.51. The Bertz CT molecular complexity index is 661. The summed E-state index contributed by atoms with van der Waals surface area (Å²) in [6.07, 6.45) is 4.42. The van der Waals surface area contributed by atoms with Gasteiger partial charge < -0.3 is 5.73 Å². The minimum atomic E-state index is -3.41. The first-order valence-corrected chi connectivity index (χ1v) is 8.88. The molecular formula is C15H21N3O2S. The number of hydrogen-bond acceptors (Lipinski definition) is 3. The Balaban J connectivity index is 1.80. The van der Waals surface area contributed by atoms with Crippen LogP contribution in [0.4, 0.5) is 0 Å². The van der Waals surface area contributed by atoms with Gasteiger partial charge in [-0.15, -0.1) is 0 Å². The number of amidine groups is 1. The summed E-state index contributed by atoms with van der Waals surface area (Å²) in [4.78, 5) is 0.407. The highest BCUT2D eigenvalue weighted by Crippen LogP contribution is 2.28. The van der Waals surface area contributed by atoms with Gasteiger partial charge in [0.2, 0.25) is 10.0 Å². The summed E-state index contributed by atoms with van der Waals surface area (Å²) in [7, 11) is -3.41. The molecule has 0 spiro atoms. The molecule has 1 fully saturated rings. The van der Waals surface area contributed by atoms with Gasteiger partial charge in [0.15, 0.2) is 0 Å². The van der Waals surface area contributed by atoms with Crippen molar-refractivity contribution >= 4 is 15.9 Å². The van der Waals surface area contributed by atoms with Crippen LogP contribution >= 0.6 is 0 Å². The van der Waals surface area contributed by atoms with Crippen LogP contribution in [0.25, 0.3) is 0 Å². The van der Waals surface area contributed by atoms with Crippen molar-refractivity contribution in [1.82, 2.24) is 4.31 Å². The van der Waals surface area contributed by atoms with Gasteiger partial charge in [0.25, 0.3) is 0 Å². The molecule has 0 radical (unpaired) electrons. The fraction of sp³-hybridized carbons (Fsp3) is 0.533. The van der Waals surface area contributed by atoms with E-state index in [2.05, 4.69) is 0 Å². The molecule has 1 aliphatic carbocycles. The van der Waals surface area contributed by atoms with Crippen molar-refractivity contribution in [1.29, 1.82) is 5.41 Å². The van der Waals surface area contributed by atoms with Crippen LogP contribution in [0, 0.1) is 11.3 Å². The van der Waals surface area contributed by atoms with Crippen molar-refractivity contribution in [2.75, 3.05) is 13.1 Å². The van der Waals surface area contributed by atoms with E-state index in [0.29, 0.717) is 30.8 Å². The number of benzene rings is 1. The van der Waals surface area contributed by atoms with Crippen LogP contribution in [0.5, 0.6) is 0 Å². The number of fused-ring (bicyclic) bond motifs is 1. The highest BCUT2D eigenvalue weighted by Gasteiger charge is 2.30. The quantitative estimate of drug-likeness (QED) is 0.655. The first-order valence-electron chi connectivity index (χ1n) is 7.44. The topological polar surface area (TPSA) is 87.2 Å². The largest absolute Gasteiger partial charge is 0.387 e. The molecule has 6 heteroatoms. The van der Waals surface area contributed by atoms with E-state index in [1.807, 2.05) is 12.1 Å². The van der Waals surface area contributed by atoms with E-state index in [1.165, 1.54) is 15.4 Å². The smallest absolute Gasteiger partial charge is 0.243 e. The Labute approximate surface area is 125 Å². The van der Waals surface area contributed by atoms with Crippen molar-refractivity contribution in [2.24, 2.45) is 11.7 Å². The lowest BCUT2D eigenvalue weighted by atomic mass is 9.97. The van der Waals surface area contributed by atoms with Crippen molar-refractivity contribution in [3.63, 3.8) is 0 Å². The summed E-state index contributed by atoms with van der Waals surface area (Å²) in [5.74, 6) is 0.195. The zero-order valence-corrected chi connectivity index (χ0v) is 12.8. The molecule has 1 aromatic rings. The zero-order valence-electron chi connectivity index (χ0n) is 12.0. The Morgan fingerprint density at radius 2 is 1.86 bits per heavy atom. The van der Waals surface area contributed by atoms with Crippen LogP contribution in [0.3, 0.4) is 0 Å². The number of nitrogens with one attached hydrogen (secondary N) is 1. The molecule has 1 saturated heterocycles. The molecular weight excluding hydrogens is 286 g/mol. The van der Waals surface area contributed by atoms with Gasteiger partial charge in [0, 0.05) is 19.0 Å². The molecule has 1 aromatic carbocycles. The third-order valence-electron chi connectivity index (χ3n) is 4.60. The summed E-state index contributed by atoms with van der Waals surface area (Å²) >= 11 is 0. The van der Waals surface area contributed by atoms with Gasteiger partial charge in [-0.25, -0.2) is 8.42 Å². The summed E-state index contributed by atoms with van der Waals surface area (Å²) in [5.41, 5.74) is 7.97. The van der Waals surface area contributed by atoms with E-state index in [4.69, 9.17) is 11.1 Å². The molecule has 0 aromatic heterocycles. The van der Waals surface area contributed by atoms with Gasteiger partial charge in [-0.1, -0.05) is 6.07 Å². The summed E-state index contributed by atoms with van der Waals surface area (Å²) < 4.78 is 26.9. The van der Waals surface area contributed by atoms with Crippen molar-refractivity contribution in [3.05, 3.63) is 29.3 Å². The van der Waals surface area contributed by atoms with E-state index >= 15 is 0 Å². The van der Waals surface area contributed by atoms with Gasteiger partial charge in [-0.3, -0.25) is 5.41 Å². The van der Waals surface area contributed by atoms with E-state index in [1.54, 1.807) is 6.07 Å². The summed E-state index contributed by atoms with van der Waals surface area (Å²) in [6.45, 7) is 0.896. The third-order valence-corrected chi connectivity index (χ3v) is 6.50. The van der Waals surface area contributed by atoms with Crippen LogP contribution in [-0.2, 0) is 22.9 Å². The number of piperidine rings is 1. The molecule has 0 bridgehead atoms. The van der Waals surface area contributed by atoms with Crippen LogP contribution in [0.15, 0.2) is 23.1 Å². The molecule has 0 unspecified atom stereocenters. The first-order chi connectivity index (χ1) is 9.98. The van der Waals surface area contributed by atoms with Gasteiger partial charge >= 0.3 is 0 Å². The maximum Gasteiger partial charge on any atom is 0.243 e. The number of aryl methyl sites for hydroxylation is 2. The Hall–Kier alpha value is -1.40. The SMILES string of the molecule is N=C(N)C1CCN(S(=O)(=O)c2ccc3c(c2)CCC3)CC1. The average molecular weight is 307 g/mol. The lowest BCUT2D eigenvalue weighted by Gasteiger charge is -2.30. The van der Waals surface area contributed by atoms with E-state index in [0.717, 1.165) is 19.3 Å². The number of nitrogens with two attached hydrogens (primary N) is 1. The van der Waals surface area contributed by atoms with Crippen molar-refractivity contribution in [3.8, 4) is 0 Å². The van der Waals surface area contributed by atoms with E-state index in [9.17, 15) is 8.42 Å². The highest BCUT2D eigenvalue weighted by atomic mass is 32.2. The lowest BCUT2D eigenvalue weighted by molar-refractivity contribution is 0.314. The van der Waals surface area contributed by atoms with Gasteiger partial charge in [-0.05, 0) is 55.4 Å². The number of nitrogens with zero attached hydrogens (tertiary/aromatic N) is 1. The fourth-order valence-electron chi connectivity index (χ4n) is 3.26. The fourth-order valence-corrected chi connectivity index (χ4v) is 4.79. The predicted molar refractivity (Wildman–Crippen MR) is 81.9 cm³/mol. The normalized spacial score (nSPS) is 20.4. The molecule has 21 heavy (non-hydrogen) atoms. The van der Waals surface area contributed by atoms with Crippen molar-refractivity contribution < 1.29 is 8.42 Å². The molecule has 114 valence electrons. The van der Waals surface area contributed by atoms with Crippen molar-refractivity contribution in [2.45, 2.75) is 37.0 Å². The zero-order chi connectivity index (χ0) is 15.0. The molecule has 0 saturated carbocycles. The van der Waals surface area contributed by atoms with Crippen LogP contribution < -0.4 is 5.73 Å². The Kier molecular flexibility index (Phi) is 3.75. The molecule has 0 atom stereocenters. The molecule has 3 N–H and O–H groups in total. The summed E-state index contributed by atoms with van der Waals surface area (Å²) in [6, 6.07) is 5.53. The minimum Gasteiger partial charge on any atom is -0.387 e. The summed E-state index contributed by atoms with van der Waals surface area (Å²) in [5, 5.41) is 7.47. The maximum absolute atomic E-state index is 12.7. The van der Waals surface area contributed by atoms with Gasteiger partial charge in [0.05, 0.1) is 10.7 Å². The molecule has 0 amide bonds. The molecule has 2 aliphatic rings. The average Bonchev–Trinajstić information content (AvgIpc) is 2.94. The lowest BCUT2D eigenvalue weighted by Crippen LogP contribution is -2.41. The number of rotatable bonds is 3. The minimum absolute atomic E-state index is 0.0245. The van der Waals surface area contributed by atoms with Crippen LogP contribution in [0.1, 0.15) is 30.4 Å². The highest BCUT2D eigenvalue weighted by molar-refractivity contribution is 7.89. The number of hydrogen-bond donors (Lipinski definition) is 2. The standard InChI is InChI=1S/C15H21N3O2S/c16-15(17)12-6-8-18(9-7-12)21(19,20)14-5-4-11-2-1-3-13(11)10-14/h4-5,10,12H,1-3,6-9H2,(H3,16,17). The monoisotopic (exact) mass is 307 g/mol. The Morgan fingerprint density at radius 1 is 1.19 bits per heavy atom.